The van der Waals surface area contributed by atoms with Gasteiger partial charge in [-0.1, -0.05) is 26.0 Å². The Morgan fingerprint density at radius 1 is 1.17 bits per heavy atom. The molecular weight excluding hydrogens is 364 g/mol. The van der Waals surface area contributed by atoms with Crippen LogP contribution in [0.25, 0.3) is 0 Å². The SMILES string of the molecule is CC(C)c1ccc(OCn2ccc(C(=O)NC3CC(C)(C)NC(C)(C)C3)n2)cc1. The van der Waals surface area contributed by atoms with E-state index in [1.807, 2.05) is 12.1 Å². The Morgan fingerprint density at radius 3 is 2.38 bits per heavy atom. The molecule has 0 unspecified atom stereocenters. The molecule has 1 aromatic carbocycles. The molecule has 2 aromatic rings. The molecule has 3 rings (SSSR count). The number of rotatable bonds is 6. The summed E-state index contributed by atoms with van der Waals surface area (Å²) in [4.78, 5) is 12.7. The average Bonchev–Trinajstić information content (AvgIpc) is 3.06. The van der Waals surface area contributed by atoms with Gasteiger partial charge in [0.05, 0.1) is 0 Å². The highest BCUT2D eigenvalue weighted by molar-refractivity contribution is 5.92. The molecule has 1 aromatic heterocycles. The fourth-order valence-electron chi connectivity index (χ4n) is 4.33. The molecule has 29 heavy (non-hydrogen) atoms. The summed E-state index contributed by atoms with van der Waals surface area (Å²) in [6.45, 7) is 13.3. The van der Waals surface area contributed by atoms with Gasteiger partial charge >= 0.3 is 0 Å². The lowest BCUT2D eigenvalue weighted by Crippen LogP contribution is -2.62. The van der Waals surface area contributed by atoms with Gasteiger partial charge in [0.2, 0.25) is 0 Å². The summed E-state index contributed by atoms with van der Waals surface area (Å²) in [5.41, 5.74) is 1.66. The van der Waals surface area contributed by atoms with Gasteiger partial charge in [0.1, 0.15) is 11.4 Å². The lowest BCUT2D eigenvalue weighted by atomic mass is 9.79. The molecule has 2 heterocycles. The number of carbonyl (C=O) groups is 1. The Kier molecular flexibility index (Phi) is 6.03. The van der Waals surface area contributed by atoms with Crippen LogP contribution in [0.3, 0.4) is 0 Å². The molecular formula is C23H34N4O2. The zero-order valence-electron chi connectivity index (χ0n) is 18.5. The van der Waals surface area contributed by atoms with Crippen molar-refractivity contribution in [2.45, 2.75) is 84.2 Å². The molecule has 0 aliphatic carbocycles. The maximum Gasteiger partial charge on any atom is 0.271 e. The highest BCUT2D eigenvalue weighted by atomic mass is 16.5. The monoisotopic (exact) mass is 398 g/mol. The second kappa shape index (κ2) is 8.19. The van der Waals surface area contributed by atoms with Crippen LogP contribution in [0.15, 0.2) is 36.5 Å². The Hall–Kier alpha value is -2.34. The molecule has 0 spiro atoms. The van der Waals surface area contributed by atoms with Gasteiger partial charge in [-0.3, -0.25) is 4.79 Å². The van der Waals surface area contributed by atoms with Crippen LogP contribution in [0.4, 0.5) is 0 Å². The van der Waals surface area contributed by atoms with Gasteiger partial charge < -0.3 is 15.4 Å². The molecule has 2 N–H and O–H groups in total. The molecule has 0 atom stereocenters. The van der Waals surface area contributed by atoms with Crippen LogP contribution < -0.4 is 15.4 Å². The topological polar surface area (TPSA) is 68.2 Å². The number of nitrogens with zero attached hydrogens (tertiary/aromatic N) is 2. The molecule has 0 bridgehead atoms. The summed E-state index contributed by atoms with van der Waals surface area (Å²) in [6, 6.07) is 9.93. The van der Waals surface area contributed by atoms with E-state index in [-0.39, 0.29) is 29.8 Å². The Morgan fingerprint density at radius 2 is 1.79 bits per heavy atom. The number of nitrogens with one attached hydrogen (secondary N) is 2. The maximum absolute atomic E-state index is 12.7. The van der Waals surface area contributed by atoms with Crippen LogP contribution in [0, 0.1) is 0 Å². The van der Waals surface area contributed by atoms with Crippen LogP contribution in [-0.2, 0) is 6.73 Å². The average molecular weight is 399 g/mol. The molecule has 1 aliphatic heterocycles. The van der Waals surface area contributed by atoms with Crippen molar-refractivity contribution in [2.24, 2.45) is 0 Å². The Bertz CT molecular complexity index is 821. The second-order valence-corrected chi connectivity index (χ2v) is 9.71. The molecule has 6 nitrogen and oxygen atoms in total. The van der Waals surface area contributed by atoms with Gasteiger partial charge in [-0.05, 0) is 70.2 Å². The molecule has 0 radical (unpaired) electrons. The first kappa shape index (κ1) is 21.4. The molecule has 1 saturated heterocycles. The first-order valence-electron chi connectivity index (χ1n) is 10.4. The summed E-state index contributed by atoms with van der Waals surface area (Å²) in [7, 11) is 0. The predicted octanol–water partition coefficient (Wildman–Crippen LogP) is 4.08. The van der Waals surface area contributed by atoms with Gasteiger partial charge in [0.15, 0.2) is 6.73 Å². The van der Waals surface area contributed by atoms with E-state index >= 15 is 0 Å². The highest BCUT2D eigenvalue weighted by Crippen LogP contribution is 2.28. The standard InChI is InChI=1S/C23H34N4O2/c1-16(2)17-7-9-19(10-8-17)29-15-27-12-11-20(25-27)21(28)24-18-13-22(3,4)26-23(5,6)14-18/h7-12,16,18,26H,13-15H2,1-6H3,(H,24,28). The van der Waals surface area contributed by atoms with Crippen molar-refractivity contribution >= 4 is 5.91 Å². The van der Waals surface area contributed by atoms with Crippen molar-refractivity contribution in [3.05, 3.63) is 47.8 Å². The summed E-state index contributed by atoms with van der Waals surface area (Å²) < 4.78 is 7.43. The quantitative estimate of drug-likeness (QED) is 0.769. The van der Waals surface area contributed by atoms with E-state index in [1.165, 1.54) is 5.56 Å². The van der Waals surface area contributed by atoms with Crippen molar-refractivity contribution in [3.8, 4) is 5.75 Å². The van der Waals surface area contributed by atoms with E-state index in [4.69, 9.17) is 4.74 Å². The lowest BCUT2D eigenvalue weighted by Gasteiger charge is -2.46. The third-order valence-corrected chi connectivity index (χ3v) is 5.31. The smallest absolute Gasteiger partial charge is 0.271 e. The number of hydrogen-bond donors (Lipinski definition) is 2. The number of aromatic nitrogens is 2. The van der Waals surface area contributed by atoms with Gasteiger partial charge in [0.25, 0.3) is 5.91 Å². The predicted molar refractivity (Wildman–Crippen MR) is 115 cm³/mol. The van der Waals surface area contributed by atoms with Gasteiger partial charge in [-0.15, -0.1) is 0 Å². The minimum Gasteiger partial charge on any atom is -0.471 e. The van der Waals surface area contributed by atoms with E-state index in [0.717, 1.165) is 18.6 Å². The molecule has 1 aliphatic rings. The third-order valence-electron chi connectivity index (χ3n) is 5.31. The summed E-state index contributed by atoms with van der Waals surface area (Å²) in [5, 5.41) is 11.2. The van der Waals surface area contributed by atoms with E-state index in [9.17, 15) is 4.79 Å². The van der Waals surface area contributed by atoms with Gasteiger partial charge in [-0.2, -0.15) is 5.10 Å². The van der Waals surface area contributed by atoms with E-state index in [1.54, 1.807) is 16.9 Å². The van der Waals surface area contributed by atoms with Gasteiger partial charge in [0, 0.05) is 23.3 Å². The first-order valence-corrected chi connectivity index (χ1v) is 10.4. The molecule has 158 valence electrons. The van der Waals surface area contributed by atoms with E-state index in [2.05, 4.69) is 69.4 Å². The normalized spacial score (nSPS) is 18.6. The second-order valence-electron chi connectivity index (χ2n) is 9.71. The van der Waals surface area contributed by atoms with Crippen molar-refractivity contribution < 1.29 is 9.53 Å². The van der Waals surface area contributed by atoms with Crippen molar-refractivity contribution in [1.82, 2.24) is 20.4 Å². The van der Waals surface area contributed by atoms with Crippen LogP contribution in [0.5, 0.6) is 5.75 Å². The number of piperidine rings is 1. The minimum absolute atomic E-state index is 0.0159. The zero-order valence-corrected chi connectivity index (χ0v) is 18.5. The van der Waals surface area contributed by atoms with E-state index < -0.39 is 0 Å². The number of benzene rings is 1. The highest BCUT2D eigenvalue weighted by Gasteiger charge is 2.38. The van der Waals surface area contributed by atoms with Gasteiger partial charge in [-0.25, -0.2) is 4.68 Å². The minimum atomic E-state index is -0.136. The van der Waals surface area contributed by atoms with Crippen LogP contribution in [-0.4, -0.2) is 32.8 Å². The molecule has 1 fully saturated rings. The summed E-state index contributed by atoms with van der Waals surface area (Å²) >= 11 is 0. The van der Waals surface area contributed by atoms with E-state index in [0.29, 0.717) is 11.6 Å². The van der Waals surface area contributed by atoms with Crippen molar-refractivity contribution in [1.29, 1.82) is 0 Å². The maximum atomic E-state index is 12.7. The summed E-state index contributed by atoms with van der Waals surface area (Å²) in [6.07, 6.45) is 3.55. The zero-order chi connectivity index (χ0) is 21.2. The number of ether oxygens (including phenoxy) is 1. The number of carbonyl (C=O) groups excluding carboxylic acids is 1. The fraction of sp³-hybridized carbons (Fsp3) is 0.565. The van der Waals surface area contributed by atoms with Crippen LogP contribution >= 0.6 is 0 Å². The number of hydrogen-bond acceptors (Lipinski definition) is 4. The molecule has 1 amide bonds. The fourth-order valence-corrected chi connectivity index (χ4v) is 4.33. The van der Waals surface area contributed by atoms with Crippen molar-refractivity contribution in [3.63, 3.8) is 0 Å². The third kappa shape index (κ3) is 5.82. The molecule has 6 heteroatoms. The first-order chi connectivity index (χ1) is 13.5. The van der Waals surface area contributed by atoms with Crippen LogP contribution in [0.1, 0.15) is 76.4 Å². The number of amides is 1. The van der Waals surface area contributed by atoms with Crippen LogP contribution in [0.2, 0.25) is 0 Å². The van der Waals surface area contributed by atoms with Crippen molar-refractivity contribution in [2.75, 3.05) is 0 Å². The lowest BCUT2D eigenvalue weighted by molar-refractivity contribution is 0.0866. The largest absolute Gasteiger partial charge is 0.471 e. The summed E-state index contributed by atoms with van der Waals surface area (Å²) in [5.74, 6) is 1.14. The molecule has 0 saturated carbocycles. The Balaban J connectivity index is 1.56. The Labute approximate surface area is 174 Å².